The molecule has 1 aliphatic rings. The van der Waals surface area contributed by atoms with E-state index in [4.69, 9.17) is 10.6 Å². The van der Waals surface area contributed by atoms with Crippen molar-refractivity contribution in [3.05, 3.63) is 47.5 Å². The van der Waals surface area contributed by atoms with Crippen LogP contribution in [0.2, 0.25) is 0 Å². The highest BCUT2D eigenvalue weighted by Gasteiger charge is 2.35. The molecule has 1 amide bonds. The SMILES string of the molecule is CC(=O)NCCC1CNc2ccc(OC(=O)C(C)(Cc3ccc(O)c(O)c3)NN)cc21. The fourth-order valence-electron chi connectivity index (χ4n) is 3.62. The molecular formula is C22H28N4O5. The molecule has 2 aromatic rings. The molecule has 0 spiro atoms. The average Bonchev–Trinajstić information content (AvgIpc) is 3.12. The molecule has 0 saturated heterocycles. The van der Waals surface area contributed by atoms with Crippen LogP contribution in [0.5, 0.6) is 17.2 Å². The van der Waals surface area contributed by atoms with Crippen molar-refractivity contribution in [2.24, 2.45) is 5.84 Å². The molecule has 2 atom stereocenters. The van der Waals surface area contributed by atoms with Crippen molar-refractivity contribution in [3.8, 4) is 17.2 Å². The molecule has 0 fully saturated rings. The van der Waals surface area contributed by atoms with Gasteiger partial charge in [-0.2, -0.15) is 0 Å². The van der Waals surface area contributed by atoms with Gasteiger partial charge in [-0.3, -0.25) is 10.6 Å². The minimum absolute atomic E-state index is 0.0654. The van der Waals surface area contributed by atoms with Crippen LogP contribution in [0.15, 0.2) is 36.4 Å². The van der Waals surface area contributed by atoms with E-state index in [0.717, 1.165) is 24.2 Å². The molecule has 31 heavy (non-hydrogen) atoms. The van der Waals surface area contributed by atoms with Crippen molar-refractivity contribution in [1.82, 2.24) is 10.7 Å². The molecule has 7 N–H and O–H groups in total. The lowest BCUT2D eigenvalue weighted by Gasteiger charge is -2.26. The summed E-state index contributed by atoms with van der Waals surface area (Å²) in [6.45, 7) is 4.41. The Morgan fingerprint density at radius 1 is 1.23 bits per heavy atom. The Kier molecular flexibility index (Phi) is 6.67. The van der Waals surface area contributed by atoms with E-state index in [1.165, 1.54) is 19.1 Å². The Morgan fingerprint density at radius 3 is 2.68 bits per heavy atom. The number of fused-ring (bicyclic) bond motifs is 1. The molecule has 2 aromatic carbocycles. The third-order valence-corrected chi connectivity index (χ3v) is 5.45. The number of nitrogens with two attached hydrogens (primary N) is 1. The Morgan fingerprint density at radius 2 is 2.00 bits per heavy atom. The van der Waals surface area contributed by atoms with Gasteiger partial charge >= 0.3 is 5.97 Å². The summed E-state index contributed by atoms with van der Waals surface area (Å²) in [4.78, 5) is 24.0. The molecule has 0 bridgehead atoms. The molecule has 0 aliphatic carbocycles. The zero-order valence-corrected chi connectivity index (χ0v) is 17.6. The first-order valence-electron chi connectivity index (χ1n) is 10.0. The fraction of sp³-hybridized carbons (Fsp3) is 0.364. The summed E-state index contributed by atoms with van der Waals surface area (Å²) in [5, 5.41) is 25.3. The predicted molar refractivity (Wildman–Crippen MR) is 116 cm³/mol. The number of carbonyl (C=O) groups excluding carboxylic acids is 2. The Bertz CT molecular complexity index is 980. The van der Waals surface area contributed by atoms with Gasteiger partial charge in [-0.05, 0) is 54.8 Å². The van der Waals surface area contributed by atoms with Crippen LogP contribution in [0.25, 0.3) is 0 Å². The fourth-order valence-corrected chi connectivity index (χ4v) is 3.62. The van der Waals surface area contributed by atoms with Crippen LogP contribution < -0.4 is 26.6 Å². The van der Waals surface area contributed by atoms with Crippen LogP contribution in [-0.2, 0) is 16.0 Å². The molecule has 0 saturated carbocycles. The van der Waals surface area contributed by atoms with Gasteiger partial charge in [0.15, 0.2) is 11.5 Å². The van der Waals surface area contributed by atoms with E-state index in [1.54, 1.807) is 19.1 Å². The van der Waals surface area contributed by atoms with Gasteiger partial charge in [0, 0.05) is 38.0 Å². The van der Waals surface area contributed by atoms with E-state index in [2.05, 4.69) is 16.1 Å². The van der Waals surface area contributed by atoms with Crippen molar-refractivity contribution in [2.75, 3.05) is 18.4 Å². The van der Waals surface area contributed by atoms with Gasteiger partial charge in [0.2, 0.25) is 5.91 Å². The highest BCUT2D eigenvalue weighted by molar-refractivity contribution is 5.83. The number of hydrazine groups is 1. The molecule has 0 radical (unpaired) electrons. The van der Waals surface area contributed by atoms with Crippen LogP contribution in [-0.4, -0.2) is 40.7 Å². The van der Waals surface area contributed by atoms with Crippen molar-refractivity contribution < 1.29 is 24.5 Å². The van der Waals surface area contributed by atoms with Gasteiger partial charge in [-0.1, -0.05) is 6.07 Å². The molecule has 1 heterocycles. The minimum Gasteiger partial charge on any atom is -0.504 e. The number of amides is 1. The lowest BCUT2D eigenvalue weighted by atomic mass is 9.93. The Hall–Kier alpha value is -3.30. The number of esters is 1. The topological polar surface area (TPSA) is 146 Å². The zero-order valence-electron chi connectivity index (χ0n) is 17.6. The monoisotopic (exact) mass is 428 g/mol. The summed E-state index contributed by atoms with van der Waals surface area (Å²) >= 11 is 0. The third kappa shape index (κ3) is 5.25. The maximum Gasteiger partial charge on any atom is 0.333 e. The van der Waals surface area contributed by atoms with E-state index in [9.17, 15) is 19.8 Å². The van der Waals surface area contributed by atoms with Crippen molar-refractivity contribution in [1.29, 1.82) is 0 Å². The molecule has 0 aromatic heterocycles. The summed E-state index contributed by atoms with van der Waals surface area (Å²) < 4.78 is 5.62. The standard InChI is InChI=1S/C22H28N4O5/c1-13(27)24-8-7-15-12-25-18-5-4-16(10-17(15)18)31-21(30)22(2,26-23)11-14-3-6-19(28)20(29)9-14/h3-6,9-10,15,25-26,28-29H,7-8,11-12,23H2,1-2H3,(H,24,27). The number of rotatable bonds is 8. The van der Waals surface area contributed by atoms with Crippen molar-refractivity contribution >= 4 is 17.6 Å². The van der Waals surface area contributed by atoms with Crippen molar-refractivity contribution in [3.63, 3.8) is 0 Å². The summed E-state index contributed by atoms with van der Waals surface area (Å²) in [5.74, 6) is 5.09. The first kappa shape index (κ1) is 22.4. The van der Waals surface area contributed by atoms with Gasteiger partial charge in [-0.25, -0.2) is 10.2 Å². The summed E-state index contributed by atoms with van der Waals surface area (Å²) in [5.41, 5.74) is 3.86. The number of ether oxygens (including phenoxy) is 1. The highest BCUT2D eigenvalue weighted by Crippen LogP contribution is 2.36. The van der Waals surface area contributed by atoms with E-state index >= 15 is 0 Å². The Balaban J connectivity index is 1.71. The van der Waals surface area contributed by atoms with Gasteiger partial charge in [0.1, 0.15) is 11.3 Å². The number of carbonyl (C=O) groups is 2. The van der Waals surface area contributed by atoms with Crippen LogP contribution in [0.3, 0.4) is 0 Å². The molecule has 9 heteroatoms. The second-order valence-corrected chi connectivity index (χ2v) is 7.96. The molecule has 3 rings (SSSR count). The minimum atomic E-state index is -1.26. The molecule has 166 valence electrons. The predicted octanol–water partition coefficient (Wildman–Crippen LogP) is 1.50. The van der Waals surface area contributed by atoms with E-state index in [-0.39, 0.29) is 29.7 Å². The lowest BCUT2D eigenvalue weighted by molar-refractivity contribution is -0.141. The smallest absolute Gasteiger partial charge is 0.333 e. The van der Waals surface area contributed by atoms with Crippen molar-refractivity contribution in [2.45, 2.75) is 38.1 Å². The largest absolute Gasteiger partial charge is 0.504 e. The summed E-state index contributed by atoms with van der Waals surface area (Å²) in [6, 6.07) is 9.72. The summed E-state index contributed by atoms with van der Waals surface area (Å²) in [7, 11) is 0. The molecular weight excluding hydrogens is 400 g/mol. The van der Waals surface area contributed by atoms with E-state index in [0.29, 0.717) is 17.9 Å². The number of benzene rings is 2. The van der Waals surface area contributed by atoms with Gasteiger partial charge in [0.05, 0.1) is 0 Å². The third-order valence-electron chi connectivity index (χ3n) is 5.45. The van der Waals surface area contributed by atoms with Crippen LogP contribution in [0.1, 0.15) is 37.3 Å². The first-order chi connectivity index (χ1) is 14.7. The van der Waals surface area contributed by atoms with Gasteiger partial charge in [-0.15, -0.1) is 0 Å². The Labute approximate surface area is 180 Å². The molecule has 1 aliphatic heterocycles. The highest BCUT2D eigenvalue weighted by atomic mass is 16.5. The number of phenolic OH excluding ortho intramolecular Hbond substituents is 2. The zero-order chi connectivity index (χ0) is 22.6. The number of hydrogen-bond acceptors (Lipinski definition) is 8. The number of anilines is 1. The number of phenols is 2. The van der Waals surface area contributed by atoms with Gasteiger partial charge < -0.3 is 25.6 Å². The second kappa shape index (κ2) is 9.23. The molecule has 2 unspecified atom stereocenters. The van der Waals surface area contributed by atoms with Crippen LogP contribution >= 0.6 is 0 Å². The summed E-state index contributed by atoms with van der Waals surface area (Å²) in [6.07, 6.45) is 0.908. The lowest BCUT2D eigenvalue weighted by Crippen LogP contribution is -2.56. The van der Waals surface area contributed by atoms with Crippen LogP contribution in [0, 0.1) is 0 Å². The van der Waals surface area contributed by atoms with E-state index in [1.807, 2.05) is 12.1 Å². The number of hydrogen-bond donors (Lipinski definition) is 6. The maximum atomic E-state index is 12.9. The molecule has 9 nitrogen and oxygen atoms in total. The van der Waals surface area contributed by atoms with Gasteiger partial charge in [0.25, 0.3) is 0 Å². The second-order valence-electron chi connectivity index (χ2n) is 7.96. The van der Waals surface area contributed by atoms with Crippen LogP contribution in [0.4, 0.5) is 5.69 Å². The van der Waals surface area contributed by atoms with E-state index < -0.39 is 11.5 Å². The first-order valence-corrected chi connectivity index (χ1v) is 10.0. The number of nitrogens with one attached hydrogen (secondary N) is 3. The maximum absolute atomic E-state index is 12.9. The number of aromatic hydroxyl groups is 2. The quantitative estimate of drug-likeness (QED) is 0.122. The normalized spacial score (nSPS) is 16.7. The average molecular weight is 428 g/mol.